The minimum absolute atomic E-state index is 0.0290. The van der Waals surface area contributed by atoms with E-state index in [4.69, 9.17) is 24.0 Å². The van der Waals surface area contributed by atoms with Crippen LogP contribution in [0.4, 0.5) is 0 Å². The van der Waals surface area contributed by atoms with Crippen molar-refractivity contribution in [2.75, 3.05) is 0 Å². The van der Waals surface area contributed by atoms with Gasteiger partial charge < -0.3 is 18.8 Å². The number of hydrogen-bond acceptors (Lipinski definition) is 6. The monoisotopic (exact) mass is 393 g/mol. The molecule has 0 aromatic heterocycles. The minimum Gasteiger partial charge on any atom is -0.461 e. The number of carbonyl (C=O) groups excluding carboxylic acids is 1. The molecular formula is C22H24BNO5. The van der Waals surface area contributed by atoms with Crippen molar-refractivity contribution in [1.29, 1.82) is 5.26 Å². The molecule has 7 heteroatoms. The highest BCUT2D eigenvalue weighted by Crippen LogP contribution is 2.37. The molecule has 1 aliphatic heterocycles. The van der Waals surface area contributed by atoms with Crippen molar-refractivity contribution >= 4 is 18.6 Å². The lowest BCUT2D eigenvalue weighted by molar-refractivity contribution is -0.142. The van der Waals surface area contributed by atoms with Gasteiger partial charge in [0.2, 0.25) is 0 Å². The van der Waals surface area contributed by atoms with Crippen molar-refractivity contribution in [3.05, 3.63) is 53.6 Å². The van der Waals surface area contributed by atoms with E-state index in [1.54, 1.807) is 30.3 Å². The first-order valence-corrected chi connectivity index (χ1v) is 9.42. The van der Waals surface area contributed by atoms with Gasteiger partial charge in [0, 0.05) is 12.5 Å². The number of ether oxygens (including phenoxy) is 2. The Labute approximate surface area is 171 Å². The topological polar surface area (TPSA) is 77.8 Å². The Hall–Kier alpha value is -2.82. The smallest absolute Gasteiger partial charge is 0.461 e. The van der Waals surface area contributed by atoms with Gasteiger partial charge in [-0.2, -0.15) is 5.26 Å². The normalized spacial score (nSPS) is 16.9. The summed E-state index contributed by atoms with van der Waals surface area (Å²) in [5.74, 6) is 0.709. The van der Waals surface area contributed by atoms with Crippen LogP contribution in [0, 0.1) is 11.3 Å². The van der Waals surface area contributed by atoms with Gasteiger partial charge in [-0.3, -0.25) is 4.79 Å². The molecule has 0 bridgehead atoms. The second-order valence-electron chi connectivity index (χ2n) is 7.93. The molecule has 3 rings (SSSR count). The van der Waals surface area contributed by atoms with E-state index in [9.17, 15) is 4.79 Å². The van der Waals surface area contributed by atoms with E-state index < -0.39 is 24.3 Å². The molecule has 1 fully saturated rings. The first-order valence-electron chi connectivity index (χ1n) is 9.42. The van der Waals surface area contributed by atoms with E-state index >= 15 is 0 Å². The van der Waals surface area contributed by atoms with E-state index in [0.29, 0.717) is 22.6 Å². The number of rotatable bonds is 5. The largest absolute Gasteiger partial charge is 0.495 e. The van der Waals surface area contributed by atoms with Gasteiger partial charge in [-0.15, -0.1) is 0 Å². The Morgan fingerprint density at radius 2 is 1.69 bits per heavy atom. The molecule has 1 heterocycles. The summed E-state index contributed by atoms with van der Waals surface area (Å²) >= 11 is 0. The molecule has 29 heavy (non-hydrogen) atoms. The van der Waals surface area contributed by atoms with Crippen LogP contribution in [0.2, 0.25) is 0 Å². The fourth-order valence-electron chi connectivity index (χ4n) is 2.92. The third-order valence-electron chi connectivity index (χ3n) is 5.31. The Morgan fingerprint density at radius 1 is 1.07 bits per heavy atom. The van der Waals surface area contributed by atoms with Gasteiger partial charge >= 0.3 is 13.1 Å². The maximum atomic E-state index is 11.4. The van der Waals surface area contributed by atoms with Gasteiger partial charge in [0.25, 0.3) is 0 Å². The van der Waals surface area contributed by atoms with Gasteiger partial charge in [-0.25, -0.2) is 0 Å². The molecule has 0 unspecified atom stereocenters. The fourth-order valence-corrected chi connectivity index (χ4v) is 2.92. The van der Waals surface area contributed by atoms with Crippen LogP contribution in [-0.2, 0) is 25.4 Å². The maximum Gasteiger partial charge on any atom is 0.495 e. The van der Waals surface area contributed by atoms with Crippen LogP contribution in [0.15, 0.2) is 42.5 Å². The molecule has 150 valence electrons. The molecule has 0 atom stereocenters. The summed E-state index contributed by atoms with van der Waals surface area (Å²) < 4.78 is 23.7. The van der Waals surface area contributed by atoms with Crippen molar-refractivity contribution in [2.24, 2.45) is 0 Å². The molecule has 2 aromatic rings. The van der Waals surface area contributed by atoms with E-state index in [1.165, 1.54) is 6.92 Å². The molecule has 1 saturated heterocycles. The SMILES string of the molecule is CC(=O)OCc1c(Oc2ccc(C#N)cc2)cccc1B1OC(C)(C)C(C)(C)O1. The van der Waals surface area contributed by atoms with E-state index in [0.717, 1.165) is 5.46 Å². The molecule has 1 aliphatic rings. The summed E-state index contributed by atoms with van der Waals surface area (Å²) in [6.45, 7) is 9.32. The first kappa shape index (κ1) is 20.9. The zero-order valence-corrected chi connectivity index (χ0v) is 17.3. The highest BCUT2D eigenvalue weighted by atomic mass is 16.7. The molecule has 2 aromatic carbocycles. The number of hydrogen-bond donors (Lipinski definition) is 0. The van der Waals surface area contributed by atoms with Gasteiger partial charge in [-0.05, 0) is 63.5 Å². The van der Waals surface area contributed by atoms with E-state index in [2.05, 4.69) is 6.07 Å². The number of benzene rings is 2. The first-order chi connectivity index (χ1) is 13.6. The average molecular weight is 393 g/mol. The summed E-state index contributed by atoms with van der Waals surface area (Å²) in [6, 6.07) is 14.4. The molecule has 0 amide bonds. The quantitative estimate of drug-likeness (QED) is 0.569. The van der Waals surface area contributed by atoms with Crippen molar-refractivity contribution in [3.8, 4) is 17.6 Å². The zero-order valence-electron chi connectivity index (χ0n) is 17.3. The van der Waals surface area contributed by atoms with Crippen LogP contribution in [0.25, 0.3) is 0 Å². The van der Waals surface area contributed by atoms with Crippen LogP contribution in [0.3, 0.4) is 0 Å². The van der Waals surface area contributed by atoms with Crippen LogP contribution >= 0.6 is 0 Å². The van der Waals surface area contributed by atoms with Gasteiger partial charge in [0.1, 0.15) is 18.1 Å². The zero-order chi connectivity index (χ0) is 21.2. The van der Waals surface area contributed by atoms with Crippen LogP contribution in [0.5, 0.6) is 11.5 Å². The standard InChI is InChI=1S/C22H24BNO5/c1-15(25)26-14-18-19(23-28-21(2,3)22(4,5)29-23)7-6-8-20(18)27-17-11-9-16(13-24)10-12-17/h6-12H,14H2,1-5H3. The minimum atomic E-state index is -0.616. The predicted octanol–water partition coefficient (Wildman–Crippen LogP) is 3.71. The lowest BCUT2D eigenvalue weighted by atomic mass is 9.75. The van der Waals surface area contributed by atoms with Gasteiger partial charge in [0.15, 0.2) is 0 Å². The number of nitrogens with zero attached hydrogens (tertiary/aromatic N) is 1. The summed E-state index contributed by atoms with van der Waals surface area (Å²) in [5.41, 5.74) is 0.964. The maximum absolute atomic E-state index is 11.4. The third kappa shape index (κ3) is 4.45. The molecule has 0 N–H and O–H groups in total. The van der Waals surface area contributed by atoms with E-state index in [-0.39, 0.29) is 6.61 Å². The van der Waals surface area contributed by atoms with Crippen molar-refractivity contribution < 1.29 is 23.6 Å². The summed E-state index contributed by atoms with van der Waals surface area (Å²) in [4.78, 5) is 11.4. The van der Waals surface area contributed by atoms with Crippen LogP contribution < -0.4 is 10.2 Å². The lowest BCUT2D eigenvalue weighted by Gasteiger charge is -2.32. The predicted molar refractivity (Wildman–Crippen MR) is 109 cm³/mol. The molecule has 0 spiro atoms. The number of carbonyl (C=O) groups is 1. The van der Waals surface area contributed by atoms with Crippen LogP contribution in [0.1, 0.15) is 45.7 Å². The van der Waals surface area contributed by atoms with Gasteiger partial charge in [0.05, 0.1) is 22.8 Å². The Morgan fingerprint density at radius 3 is 2.24 bits per heavy atom. The summed E-state index contributed by atoms with van der Waals surface area (Å²) in [6.07, 6.45) is 0. The highest BCUT2D eigenvalue weighted by molar-refractivity contribution is 6.62. The molecule has 0 aliphatic carbocycles. The van der Waals surface area contributed by atoms with Gasteiger partial charge in [-0.1, -0.05) is 12.1 Å². The fraction of sp³-hybridized carbons (Fsp3) is 0.364. The van der Waals surface area contributed by atoms with Crippen molar-refractivity contribution in [3.63, 3.8) is 0 Å². The van der Waals surface area contributed by atoms with Crippen LogP contribution in [-0.4, -0.2) is 24.3 Å². The van der Waals surface area contributed by atoms with Crippen molar-refractivity contribution in [2.45, 2.75) is 52.4 Å². The summed E-state index contributed by atoms with van der Waals surface area (Å²) in [5, 5.41) is 8.96. The summed E-state index contributed by atoms with van der Waals surface area (Å²) in [7, 11) is -0.616. The molecule has 0 radical (unpaired) electrons. The molecule has 0 saturated carbocycles. The molecular weight excluding hydrogens is 369 g/mol. The second-order valence-corrected chi connectivity index (χ2v) is 7.93. The number of nitriles is 1. The average Bonchev–Trinajstić information content (AvgIpc) is 2.88. The van der Waals surface area contributed by atoms with E-state index in [1.807, 2.05) is 39.8 Å². The number of esters is 1. The third-order valence-corrected chi connectivity index (χ3v) is 5.31. The highest BCUT2D eigenvalue weighted by Gasteiger charge is 2.52. The lowest BCUT2D eigenvalue weighted by Crippen LogP contribution is -2.41. The Kier molecular flexibility index (Phi) is 5.69. The van der Waals surface area contributed by atoms with Crippen molar-refractivity contribution in [1.82, 2.24) is 0 Å². The second kappa shape index (κ2) is 7.90. The Bertz CT molecular complexity index is 931. The molecule has 6 nitrogen and oxygen atoms in total. The Balaban J connectivity index is 1.97.